The number of likely N-dealkylation sites (tertiary alicyclic amines) is 1. The maximum absolute atomic E-state index is 9.60. The molecule has 2 saturated heterocycles. The molecule has 6 rings (SSSR count). The fourth-order valence-electron chi connectivity index (χ4n) is 4.28. The highest BCUT2D eigenvalue weighted by molar-refractivity contribution is 6.34. The standard InChI is InChI=1S/C23H22ClN9O2/c24-20-18(5-13(7-25)6-19(20)35-17-3-4-32(10-17)16-11-34-12-16)29-23-30-21(28-14-1-2-14)22-27-9-15(8-26)33(22)31-23/h5-6,9,14,16-17H,1-4,10-12H2,(H2,28,29,30,31). The topological polar surface area (TPSA) is 136 Å². The first kappa shape index (κ1) is 21.9. The van der Waals surface area contributed by atoms with Crippen LogP contribution in [0.2, 0.25) is 5.02 Å². The van der Waals surface area contributed by atoms with Crippen LogP contribution < -0.4 is 15.4 Å². The average Bonchev–Trinajstić information content (AvgIpc) is 3.36. The van der Waals surface area contributed by atoms with Crippen molar-refractivity contribution in [2.75, 3.05) is 36.9 Å². The maximum Gasteiger partial charge on any atom is 0.247 e. The van der Waals surface area contributed by atoms with Crippen molar-refractivity contribution in [3.05, 3.63) is 34.6 Å². The third-order valence-electron chi connectivity index (χ3n) is 6.42. The summed E-state index contributed by atoms with van der Waals surface area (Å²) in [6, 6.07) is 8.31. The Labute approximate surface area is 206 Å². The minimum atomic E-state index is -0.0269. The number of anilines is 3. The average molecular weight is 492 g/mol. The lowest BCUT2D eigenvalue weighted by Crippen LogP contribution is -2.48. The summed E-state index contributed by atoms with van der Waals surface area (Å²) in [6.07, 6.45) is 4.41. The molecule has 178 valence electrons. The predicted molar refractivity (Wildman–Crippen MR) is 127 cm³/mol. The van der Waals surface area contributed by atoms with E-state index >= 15 is 0 Å². The number of halogens is 1. The fourth-order valence-corrected chi connectivity index (χ4v) is 4.48. The van der Waals surface area contributed by atoms with Gasteiger partial charge in [0.05, 0.1) is 42.8 Å². The Hall–Kier alpha value is -3.64. The minimum absolute atomic E-state index is 0.0269. The van der Waals surface area contributed by atoms with Crippen LogP contribution in [0.4, 0.5) is 17.5 Å². The van der Waals surface area contributed by atoms with Crippen LogP contribution in [0.15, 0.2) is 18.3 Å². The van der Waals surface area contributed by atoms with Crippen molar-refractivity contribution in [3.63, 3.8) is 0 Å². The summed E-state index contributed by atoms with van der Waals surface area (Å²) in [5.74, 6) is 1.18. The Morgan fingerprint density at radius 2 is 2.03 bits per heavy atom. The van der Waals surface area contributed by atoms with Crippen LogP contribution in [-0.2, 0) is 4.74 Å². The normalized spacial score (nSPS) is 20.3. The van der Waals surface area contributed by atoms with Gasteiger partial charge in [-0.3, -0.25) is 4.90 Å². The van der Waals surface area contributed by atoms with Gasteiger partial charge in [0.25, 0.3) is 0 Å². The molecule has 1 aromatic carbocycles. The van der Waals surface area contributed by atoms with Gasteiger partial charge in [-0.25, -0.2) is 4.98 Å². The number of nitrogens with zero attached hydrogens (tertiary/aromatic N) is 7. The Bertz CT molecular complexity index is 1370. The lowest BCUT2D eigenvalue weighted by molar-refractivity contribution is -0.0592. The molecule has 0 spiro atoms. The molecule has 35 heavy (non-hydrogen) atoms. The van der Waals surface area contributed by atoms with E-state index < -0.39 is 0 Å². The van der Waals surface area contributed by atoms with Crippen LogP contribution in [0.25, 0.3) is 5.65 Å². The van der Waals surface area contributed by atoms with Crippen molar-refractivity contribution in [1.29, 1.82) is 10.5 Å². The summed E-state index contributed by atoms with van der Waals surface area (Å²) in [5.41, 5.74) is 1.60. The van der Waals surface area contributed by atoms with Crippen LogP contribution in [0.5, 0.6) is 5.75 Å². The Balaban J connectivity index is 1.29. The largest absolute Gasteiger partial charge is 0.487 e. The maximum atomic E-state index is 9.60. The zero-order valence-electron chi connectivity index (χ0n) is 18.7. The second-order valence-corrected chi connectivity index (χ2v) is 9.36. The first-order valence-electron chi connectivity index (χ1n) is 11.5. The number of aromatic nitrogens is 4. The number of benzene rings is 1. The summed E-state index contributed by atoms with van der Waals surface area (Å²) in [5, 5.41) is 30.3. The van der Waals surface area contributed by atoms with E-state index in [9.17, 15) is 10.5 Å². The molecule has 2 aliphatic heterocycles. The van der Waals surface area contributed by atoms with Gasteiger partial charge in [-0.2, -0.15) is 20.0 Å². The van der Waals surface area contributed by atoms with Crippen LogP contribution in [0.3, 0.4) is 0 Å². The lowest BCUT2D eigenvalue weighted by atomic mass is 10.2. The van der Waals surface area contributed by atoms with Gasteiger partial charge in [0.15, 0.2) is 17.2 Å². The first-order valence-corrected chi connectivity index (χ1v) is 11.9. The zero-order valence-corrected chi connectivity index (χ0v) is 19.5. The monoisotopic (exact) mass is 491 g/mol. The second-order valence-electron chi connectivity index (χ2n) is 8.98. The summed E-state index contributed by atoms with van der Waals surface area (Å²) >= 11 is 6.72. The van der Waals surface area contributed by atoms with Gasteiger partial charge in [0, 0.05) is 19.1 Å². The third kappa shape index (κ3) is 4.30. The van der Waals surface area contributed by atoms with E-state index in [1.54, 1.807) is 12.1 Å². The first-order chi connectivity index (χ1) is 17.1. The van der Waals surface area contributed by atoms with Crippen molar-refractivity contribution in [2.45, 2.75) is 37.5 Å². The van der Waals surface area contributed by atoms with Gasteiger partial charge in [-0.15, -0.1) is 5.10 Å². The number of imidazole rings is 1. The quantitative estimate of drug-likeness (QED) is 0.507. The van der Waals surface area contributed by atoms with Gasteiger partial charge >= 0.3 is 0 Å². The third-order valence-corrected chi connectivity index (χ3v) is 6.81. The summed E-state index contributed by atoms with van der Waals surface area (Å²) in [4.78, 5) is 11.2. The Morgan fingerprint density at radius 1 is 1.17 bits per heavy atom. The molecule has 4 heterocycles. The van der Waals surface area contributed by atoms with E-state index in [4.69, 9.17) is 21.1 Å². The van der Waals surface area contributed by atoms with Crippen LogP contribution in [0.1, 0.15) is 30.5 Å². The van der Waals surface area contributed by atoms with Crippen molar-refractivity contribution < 1.29 is 9.47 Å². The number of rotatable bonds is 7. The van der Waals surface area contributed by atoms with Crippen LogP contribution >= 0.6 is 11.6 Å². The SMILES string of the molecule is N#Cc1cc(Nc2nc(NC3CC3)c3ncc(C#N)n3n2)c(Cl)c(OC2CCN(C3COC3)C2)c1. The molecule has 3 aromatic rings. The van der Waals surface area contributed by atoms with E-state index in [0.29, 0.717) is 45.6 Å². The molecule has 2 N–H and O–H groups in total. The van der Waals surface area contributed by atoms with Crippen molar-refractivity contribution in [3.8, 4) is 17.9 Å². The van der Waals surface area contributed by atoms with Crippen molar-refractivity contribution >= 4 is 34.7 Å². The summed E-state index contributed by atoms with van der Waals surface area (Å²) in [7, 11) is 0. The molecule has 1 atom stereocenters. The molecule has 1 unspecified atom stereocenters. The Morgan fingerprint density at radius 3 is 2.74 bits per heavy atom. The summed E-state index contributed by atoms with van der Waals surface area (Å²) in [6.45, 7) is 3.25. The second kappa shape index (κ2) is 8.86. The van der Waals surface area contributed by atoms with E-state index in [-0.39, 0.29) is 17.7 Å². The molecular weight excluding hydrogens is 470 g/mol. The molecule has 11 nitrogen and oxygen atoms in total. The highest BCUT2D eigenvalue weighted by atomic mass is 35.5. The van der Waals surface area contributed by atoms with Gasteiger partial charge in [0.2, 0.25) is 5.95 Å². The number of fused-ring (bicyclic) bond motifs is 1. The predicted octanol–water partition coefficient (Wildman–Crippen LogP) is 2.69. The molecule has 2 aromatic heterocycles. The summed E-state index contributed by atoms with van der Waals surface area (Å²) < 4.78 is 13.0. The van der Waals surface area contributed by atoms with E-state index in [1.807, 2.05) is 0 Å². The highest BCUT2D eigenvalue weighted by Crippen LogP contribution is 2.37. The molecule has 12 heteroatoms. The number of hydrogen-bond donors (Lipinski definition) is 2. The van der Waals surface area contributed by atoms with E-state index in [1.165, 1.54) is 10.7 Å². The molecule has 3 fully saturated rings. The number of nitrogens with one attached hydrogen (secondary N) is 2. The molecule has 0 radical (unpaired) electrons. The van der Waals surface area contributed by atoms with Crippen molar-refractivity contribution in [2.24, 2.45) is 0 Å². The number of nitriles is 2. The fraction of sp³-hybridized carbons (Fsp3) is 0.435. The zero-order chi connectivity index (χ0) is 23.9. The lowest BCUT2D eigenvalue weighted by Gasteiger charge is -2.34. The van der Waals surface area contributed by atoms with Crippen LogP contribution in [-0.4, -0.2) is 69.0 Å². The van der Waals surface area contributed by atoms with Gasteiger partial charge in [-0.1, -0.05) is 11.6 Å². The van der Waals surface area contributed by atoms with Gasteiger partial charge in [0.1, 0.15) is 22.9 Å². The minimum Gasteiger partial charge on any atom is -0.487 e. The van der Waals surface area contributed by atoms with Gasteiger partial charge in [-0.05, 0) is 31.4 Å². The Kier molecular flexibility index (Phi) is 5.53. The van der Waals surface area contributed by atoms with E-state index in [0.717, 1.165) is 45.6 Å². The van der Waals surface area contributed by atoms with Crippen molar-refractivity contribution in [1.82, 2.24) is 24.5 Å². The molecular formula is C23H22ClN9O2. The smallest absolute Gasteiger partial charge is 0.247 e. The number of hydrogen-bond acceptors (Lipinski definition) is 10. The van der Waals surface area contributed by atoms with Crippen LogP contribution in [0, 0.1) is 22.7 Å². The molecule has 1 saturated carbocycles. The van der Waals surface area contributed by atoms with Gasteiger partial charge < -0.3 is 20.1 Å². The number of ether oxygens (including phenoxy) is 2. The molecule has 3 aliphatic rings. The van der Waals surface area contributed by atoms with E-state index in [2.05, 4.69) is 42.7 Å². The molecule has 1 aliphatic carbocycles. The molecule has 0 bridgehead atoms. The molecule has 0 amide bonds. The highest BCUT2D eigenvalue weighted by Gasteiger charge is 2.33.